The third kappa shape index (κ3) is 3.24. The lowest BCUT2D eigenvalue weighted by Crippen LogP contribution is -2.35. The molecule has 1 saturated carbocycles. The number of hydrogen-bond donors (Lipinski definition) is 2. The van der Waals surface area contributed by atoms with Gasteiger partial charge in [0.25, 0.3) is 0 Å². The van der Waals surface area contributed by atoms with Gasteiger partial charge < -0.3 is 10.4 Å². The Morgan fingerprint density at radius 3 is 2.52 bits per heavy atom. The van der Waals surface area contributed by atoms with Gasteiger partial charge in [-0.25, -0.2) is 9.67 Å². The average molecular weight is 286 g/mol. The van der Waals surface area contributed by atoms with Gasteiger partial charge in [0, 0.05) is 17.6 Å². The van der Waals surface area contributed by atoms with Crippen LogP contribution in [0.15, 0.2) is 36.9 Å². The summed E-state index contributed by atoms with van der Waals surface area (Å²) in [6.45, 7) is 1.11. The molecule has 0 unspecified atom stereocenters. The highest BCUT2D eigenvalue weighted by atomic mass is 16.3. The van der Waals surface area contributed by atoms with Crippen LogP contribution in [-0.2, 0) is 0 Å². The number of hydrogen-bond acceptors (Lipinski definition) is 4. The summed E-state index contributed by atoms with van der Waals surface area (Å²) in [7, 11) is 0. The van der Waals surface area contributed by atoms with Crippen molar-refractivity contribution in [2.75, 3.05) is 18.5 Å². The number of nitrogens with zero attached hydrogens (tertiary/aromatic N) is 3. The van der Waals surface area contributed by atoms with Crippen molar-refractivity contribution in [3.8, 4) is 5.69 Å². The summed E-state index contributed by atoms with van der Waals surface area (Å²) < 4.78 is 1.74. The van der Waals surface area contributed by atoms with Gasteiger partial charge in [-0.1, -0.05) is 19.3 Å². The van der Waals surface area contributed by atoms with Crippen LogP contribution in [0.5, 0.6) is 0 Å². The van der Waals surface area contributed by atoms with Crippen molar-refractivity contribution in [3.63, 3.8) is 0 Å². The van der Waals surface area contributed by atoms with E-state index in [0.717, 1.165) is 30.8 Å². The number of aliphatic hydroxyl groups is 1. The number of aliphatic hydroxyl groups excluding tert-OH is 1. The first-order valence-electron chi connectivity index (χ1n) is 7.61. The van der Waals surface area contributed by atoms with Crippen LogP contribution < -0.4 is 5.32 Å². The predicted octanol–water partition coefficient (Wildman–Crippen LogP) is 2.62. The Labute approximate surface area is 125 Å². The Kier molecular flexibility index (Phi) is 4.20. The second kappa shape index (κ2) is 6.26. The van der Waals surface area contributed by atoms with E-state index in [-0.39, 0.29) is 12.0 Å². The maximum absolute atomic E-state index is 9.73. The van der Waals surface area contributed by atoms with Crippen LogP contribution in [0.3, 0.4) is 0 Å². The fraction of sp³-hybridized carbons (Fsp3) is 0.500. The first-order chi connectivity index (χ1) is 10.3. The van der Waals surface area contributed by atoms with Gasteiger partial charge in [-0.3, -0.25) is 0 Å². The van der Waals surface area contributed by atoms with E-state index < -0.39 is 0 Å². The first kappa shape index (κ1) is 14.1. The van der Waals surface area contributed by atoms with Gasteiger partial charge in [-0.05, 0) is 37.1 Å². The Morgan fingerprint density at radius 2 is 1.90 bits per heavy atom. The van der Waals surface area contributed by atoms with Crippen molar-refractivity contribution in [3.05, 3.63) is 36.9 Å². The minimum absolute atomic E-state index is 0.0584. The molecule has 1 aromatic carbocycles. The average Bonchev–Trinajstić information content (AvgIpc) is 3.09. The second-order valence-electron chi connectivity index (χ2n) is 5.96. The summed E-state index contributed by atoms with van der Waals surface area (Å²) in [6, 6.07) is 8.13. The van der Waals surface area contributed by atoms with E-state index in [1.54, 1.807) is 11.0 Å². The van der Waals surface area contributed by atoms with E-state index in [4.69, 9.17) is 0 Å². The van der Waals surface area contributed by atoms with Crippen molar-refractivity contribution in [2.45, 2.75) is 32.1 Å². The van der Waals surface area contributed by atoms with Crippen LogP contribution in [-0.4, -0.2) is 33.0 Å². The molecular formula is C16H22N4O. The Bertz CT molecular complexity index is 544. The largest absolute Gasteiger partial charge is 0.396 e. The van der Waals surface area contributed by atoms with Crippen LogP contribution in [0, 0.1) is 5.41 Å². The minimum atomic E-state index is 0.0584. The van der Waals surface area contributed by atoms with Crippen molar-refractivity contribution < 1.29 is 5.11 Å². The number of anilines is 1. The zero-order valence-electron chi connectivity index (χ0n) is 12.2. The molecule has 5 nitrogen and oxygen atoms in total. The summed E-state index contributed by atoms with van der Waals surface area (Å²) >= 11 is 0. The molecule has 1 fully saturated rings. The highest BCUT2D eigenvalue weighted by molar-refractivity contribution is 5.48. The molecule has 1 aromatic heterocycles. The van der Waals surface area contributed by atoms with Crippen LogP contribution in [0.1, 0.15) is 32.1 Å². The molecule has 1 aliphatic carbocycles. The van der Waals surface area contributed by atoms with E-state index in [0.29, 0.717) is 0 Å². The Morgan fingerprint density at radius 1 is 1.14 bits per heavy atom. The van der Waals surface area contributed by atoms with Crippen molar-refractivity contribution in [1.82, 2.24) is 14.8 Å². The maximum atomic E-state index is 9.73. The quantitative estimate of drug-likeness (QED) is 0.887. The molecule has 0 spiro atoms. The molecule has 0 aliphatic heterocycles. The SMILES string of the molecule is OCC1(CNc2ccc(-n3cncn3)cc2)CCCCC1. The van der Waals surface area contributed by atoms with Crippen LogP contribution in [0.25, 0.3) is 5.69 Å². The molecule has 0 bridgehead atoms. The zero-order chi connectivity index (χ0) is 14.5. The fourth-order valence-corrected chi connectivity index (χ4v) is 3.06. The molecule has 21 heavy (non-hydrogen) atoms. The molecule has 0 radical (unpaired) electrons. The lowest BCUT2D eigenvalue weighted by molar-refractivity contribution is 0.0944. The van der Waals surface area contributed by atoms with Gasteiger partial charge in [0.1, 0.15) is 12.7 Å². The van der Waals surface area contributed by atoms with Crippen molar-refractivity contribution in [2.24, 2.45) is 5.41 Å². The topological polar surface area (TPSA) is 63.0 Å². The summed E-state index contributed by atoms with van der Waals surface area (Å²) in [6.07, 6.45) is 9.21. The lowest BCUT2D eigenvalue weighted by Gasteiger charge is -2.36. The summed E-state index contributed by atoms with van der Waals surface area (Å²) in [5.41, 5.74) is 2.13. The highest BCUT2D eigenvalue weighted by Crippen LogP contribution is 2.36. The monoisotopic (exact) mass is 286 g/mol. The second-order valence-corrected chi connectivity index (χ2v) is 5.96. The van der Waals surface area contributed by atoms with Gasteiger partial charge in [0.05, 0.1) is 12.3 Å². The molecule has 3 rings (SSSR count). The van der Waals surface area contributed by atoms with E-state index in [1.165, 1.54) is 25.6 Å². The Balaban J connectivity index is 1.62. The zero-order valence-corrected chi connectivity index (χ0v) is 12.2. The van der Waals surface area contributed by atoms with Crippen LogP contribution >= 0.6 is 0 Å². The predicted molar refractivity (Wildman–Crippen MR) is 82.5 cm³/mol. The maximum Gasteiger partial charge on any atom is 0.138 e. The molecule has 2 aromatic rings. The smallest absolute Gasteiger partial charge is 0.138 e. The third-order valence-corrected chi connectivity index (χ3v) is 4.47. The van der Waals surface area contributed by atoms with Crippen molar-refractivity contribution in [1.29, 1.82) is 0 Å². The molecule has 1 heterocycles. The number of rotatable bonds is 5. The van der Waals surface area contributed by atoms with Gasteiger partial charge >= 0.3 is 0 Å². The van der Waals surface area contributed by atoms with Gasteiger partial charge in [-0.15, -0.1) is 0 Å². The number of nitrogens with one attached hydrogen (secondary N) is 1. The van der Waals surface area contributed by atoms with Crippen molar-refractivity contribution >= 4 is 5.69 Å². The standard InChI is InChI=1S/C16H22N4O/c21-11-16(8-2-1-3-9-16)10-18-14-4-6-15(7-5-14)20-13-17-12-19-20/h4-7,12-13,18,21H,1-3,8-11H2. The molecule has 112 valence electrons. The van der Waals surface area contributed by atoms with E-state index in [2.05, 4.69) is 15.4 Å². The molecule has 0 saturated heterocycles. The lowest BCUT2D eigenvalue weighted by atomic mass is 9.74. The first-order valence-corrected chi connectivity index (χ1v) is 7.61. The molecule has 0 atom stereocenters. The highest BCUT2D eigenvalue weighted by Gasteiger charge is 2.30. The molecule has 2 N–H and O–H groups in total. The number of benzene rings is 1. The molecule has 0 amide bonds. The Hall–Kier alpha value is -1.88. The molecular weight excluding hydrogens is 264 g/mol. The van der Waals surface area contributed by atoms with Crippen LogP contribution in [0.2, 0.25) is 0 Å². The van der Waals surface area contributed by atoms with Gasteiger partial charge in [-0.2, -0.15) is 5.10 Å². The summed E-state index contributed by atoms with van der Waals surface area (Å²) in [5.74, 6) is 0. The van der Waals surface area contributed by atoms with Gasteiger partial charge in [0.2, 0.25) is 0 Å². The summed E-state index contributed by atoms with van der Waals surface area (Å²) in [5, 5.41) is 17.3. The normalized spacial score (nSPS) is 17.6. The minimum Gasteiger partial charge on any atom is -0.396 e. The fourth-order valence-electron chi connectivity index (χ4n) is 3.06. The van der Waals surface area contributed by atoms with E-state index >= 15 is 0 Å². The van der Waals surface area contributed by atoms with Gasteiger partial charge in [0.15, 0.2) is 0 Å². The number of aromatic nitrogens is 3. The third-order valence-electron chi connectivity index (χ3n) is 4.47. The molecule has 5 heteroatoms. The van der Waals surface area contributed by atoms with Crippen LogP contribution in [0.4, 0.5) is 5.69 Å². The summed E-state index contributed by atoms with van der Waals surface area (Å²) in [4.78, 5) is 3.95. The van der Waals surface area contributed by atoms with E-state index in [1.807, 2.05) is 24.3 Å². The van der Waals surface area contributed by atoms with E-state index in [9.17, 15) is 5.11 Å². The molecule has 1 aliphatic rings.